The Bertz CT molecular complexity index is 182. The lowest BCUT2D eigenvalue weighted by Crippen LogP contribution is -2.17. The van der Waals surface area contributed by atoms with Crippen LogP contribution in [-0.4, -0.2) is 0 Å². The maximum atomic E-state index is 2.48. The van der Waals surface area contributed by atoms with E-state index in [1.54, 1.807) is 0 Å². The summed E-state index contributed by atoms with van der Waals surface area (Å²) in [5.74, 6) is 3.59. The molecule has 0 aromatic heterocycles. The summed E-state index contributed by atoms with van der Waals surface area (Å²) in [6.07, 6.45) is 12.8. The lowest BCUT2D eigenvalue weighted by atomic mass is 9.79. The second kappa shape index (κ2) is 11.8. The van der Waals surface area contributed by atoms with Crippen molar-refractivity contribution in [1.29, 1.82) is 0 Å². The number of rotatable bonds is 12. The Labute approximate surface area is 123 Å². The first kappa shape index (κ1) is 19.0. The molecule has 0 rings (SSSR count). The van der Waals surface area contributed by atoms with E-state index >= 15 is 0 Å². The van der Waals surface area contributed by atoms with Gasteiger partial charge in [0.1, 0.15) is 0 Å². The lowest BCUT2D eigenvalue weighted by Gasteiger charge is -2.26. The van der Waals surface area contributed by atoms with E-state index in [4.69, 9.17) is 0 Å². The zero-order valence-electron chi connectivity index (χ0n) is 14.7. The molecule has 116 valence electrons. The molecule has 0 aromatic rings. The van der Waals surface area contributed by atoms with Crippen LogP contribution >= 0.6 is 0 Å². The van der Waals surface area contributed by atoms with Gasteiger partial charge < -0.3 is 0 Å². The Hall–Kier alpha value is 0. The molecule has 3 unspecified atom stereocenters. The molecule has 0 aromatic carbocycles. The summed E-state index contributed by atoms with van der Waals surface area (Å²) in [4.78, 5) is 0. The van der Waals surface area contributed by atoms with E-state index in [0.717, 1.165) is 23.7 Å². The average molecular weight is 269 g/mol. The zero-order valence-corrected chi connectivity index (χ0v) is 14.7. The highest BCUT2D eigenvalue weighted by molar-refractivity contribution is 4.69. The molecular formula is C19H40. The molecule has 3 atom stereocenters. The van der Waals surface area contributed by atoms with Crippen molar-refractivity contribution in [3.8, 4) is 0 Å². The standard InChI is InChI=1S/C19H40/c1-7-8-9-10-11-14-17(4)19(6)18(5)15-12-13-16(2)3/h16-19H,7-15H2,1-6H3. The van der Waals surface area contributed by atoms with Crippen molar-refractivity contribution in [2.45, 2.75) is 99.3 Å². The normalized spacial score (nSPS) is 16.6. The molecule has 0 nitrogen and oxygen atoms in total. The Balaban J connectivity index is 3.68. The summed E-state index contributed by atoms with van der Waals surface area (Å²) in [5, 5.41) is 0. The van der Waals surface area contributed by atoms with Gasteiger partial charge in [0, 0.05) is 0 Å². The van der Waals surface area contributed by atoms with Crippen LogP contribution in [0.25, 0.3) is 0 Å². The molecule has 0 amide bonds. The minimum absolute atomic E-state index is 0.874. The largest absolute Gasteiger partial charge is 0.0654 e. The van der Waals surface area contributed by atoms with E-state index in [0.29, 0.717) is 0 Å². The van der Waals surface area contributed by atoms with Crippen LogP contribution in [0.3, 0.4) is 0 Å². The van der Waals surface area contributed by atoms with Crippen LogP contribution in [0, 0.1) is 23.7 Å². The minimum Gasteiger partial charge on any atom is -0.0654 e. The minimum atomic E-state index is 0.874. The van der Waals surface area contributed by atoms with Crippen molar-refractivity contribution in [3.63, 3.8) is 0 Å². The van der Waals surface area contributed by atoms with Gasteiger partial charge in [0.25, 0.3) is 0 Å². The van der Waals surface area contributed by atoms with Crippen LogP contribution < -0.4 is 0 Å². The summed E-state index contributed by atoms with van der Waals surface area (Å²) in [6.45, 7) is 14.4. The highest BCUT2D eigenvalue weighted by atomic mass is 14.2. The first-order chi connectivity index (χ1) is 8.99. The Morgan fingerprint density at radius 2 is 1.11 bits per heavy atom. The third-order valence-corrected chi connectivity index (χ3v) is 5.00. The molecule has 0 saturated carbocycles. The van der Waals surface area contributed by atoms with Crippen LogP contribution in [0.2, 0.25) is 0 Å². The van der Waals surface area contributed by atoms with Crippen molar-refractivity contribution >= 4 is 0 Å². The number of hydrogen-bond donors (Lipinski definition) is 0. The molecule has 0 radical (unpaired) electrons. The van der Waals surface area contributed by atoms with Crippen molar-refractivity contribution in [2.75, 3.05) is 0 Å². The average Bonchev–Trinajstić information content (AvgIpc) is 2.36. The summed E-state index contributed by atoms with van der Waals surface area (Å²) in [5.41, 5.74) is 0. The fourth-order valence-corrected chi connectivity index (χ4v) is 3.00. The van der Waals surface area contributed by atoms with Crippen LogP contribution in [0.1, 0.15) is 99.3 Å². The summed E-state index contributed by atoms with van der Waals surface area (Å²) >= 11 is 0. The number of unbranched alkanes of at least 4 members (excludes halogenated alkanes) is 4. The van der Waals surface area contributed by atoms with E-state index < -0.39 is 0 Å². The van der Waals surface area contributed by atoms with Crippen LogP contribution in [-0.2, 0) is 0 Å². The molecule has 0 heteroatoms. The Kier molecular flexibility index (Phi) is 11.8. The van der Waals surface area contributed by atoms with Gasteiger partial charge in [0.15, 0.2) is 0 Å². The second-order valence-electron chi connectivity index (χ2n) is 7.34. The molecule has 0 heterocycles. The first-order valence-corrected chi connectivity index (χ1v) is 8.99. The topological polar surface area (TPSA) is 0 Å². The van der Waals surface area contributed by atoms with E-state index in [9.17, 15) is 0 Å². The summed E-state index contributed by atoms with van der Waals surface area (Å²) < 4.78 is 0. The molecule has 0 bridgehead atoms. The molecule has 0 aliphatic rings. The molecule has 19 heavy (non-hydrogen) atoms. The van der Waals surface area contributed by atoms with E-state index in [1.165, 1.54) is 57.8 Å². The van der Waals surface area contributed by atoms with E-state index in [1.807, 2.05) is 0 Å². The maximum absolute atomic E-state index is 2.48. The molecular weight excluding hydrogens is 228 g/mol. The van der Waals surface area contributed by atoms with Gasteiger partial charge in [-0.2, -0.15) is 0 Å². The molecule has 0 saturated heterocycles. The van der Waals surface area contributed by atoms with Gasteiger partial charge in [-0.1, -0.05) is 99.3 Å². The molecule has 0 spiro atoms. The van der Waals surface area contributed by atoms with Gasteiger partial charge in [-0.25, -0.2) is 0 Å². The van der Waals surface area contributed by atoms with Crippen molar-refractivity contribution in [2.24, 2.45) is 23.7 Å². The van der Waals surface area contributed by atoms with Gasteiger partial charge in [-0.3, -0.25) is 0 Å². The fourth-order valence-electron chi connectivity index (χ4n) is 3.00. The van der Waals surface area contributed by atoms with Crippen molar-refractivity contribution in [1.82, 2.24) is 0 Å². The monoisotopic (exact) mass is 268 g/mol. The SMILES string of the molecule is CCCCCCCC(C)C(C)C(C)CCCC(C)C. The zero-order chi connectivity index (χ0) is 14.7. The highest BCUT2D eigenvalue weighted by Crippen LogP contribution is 2.29. The van der Waals surface area contributed by atoms with E-state index in [2.05, 4.69) is 41.5 Å². The van der Waals surface area contributed by atoms with Crippen LogP contribution in [0.15, 0.2) is 0 Å². The second-order valence-corrected chi connectivity index (χ2v) is 7.34. The van der Waals surface area contributed by atoms with E-state index in [-0.39, 0.29) is 0 Å². The predicted octanol–water partition coefficient (Wildman–Crippen LogP) is 7.08. The molecule has 0 aliphatic carbocycles. The third kappa shape index (κ3) is 10.4. The Morgan fingerprint density at radius 3 is 1.63 bits per heavy atom. The van der Waals surface area contributed by atoms with Crippen LogP contribution in [0.4, 0.5) is 0 Å². The van der Waals surface area contributed by atoms with Gasteiger partial charge in [-0.05, 0) is 23.7 Å². The van der Waals surface area contributed by atoms with Gasteiger partial charge in [0.05, 0.1) is 0 Å². The predicted molar refractivity (Wildman–Crippen MR) is 89.6 cm³/mol. The quantitative estimate of drug-likeness (QED) is 0.332. The van der Waals surface area contributed by atoms with Gasteiger partial charge in [-0.15, -0.1) is 0 Å². The highest BCUT2D eigenvalue weighted by Gasteiger charge is 2.18. The summed E-state index contributed by atoms with van der Waals surface area (Å²) in [6, 6.07) is 0. The summed E-state index contributed by atoms with van der Waals surface area (Å²) in [7, 11) is 0. The smallest absolute Gasteiger partial charge is 0.0391 e. The molecule has 0 aliphatic heterocycles. The number of hydrogen-bond acceptors (Lipinski definition) is 0. The Morgan fingerprint density at radius 1 is 0.579 bits per heavy atom. The molecule has 0 fully saturated rings. The van der Waals surface area contributed by atoms with Crippen molar-refractivity contribution in [3.05, 3.63) is 0 Å². The van der Waals surface area contributed by atoms with Crippen molar-refractivity contribution < 1.29 is 0 Å². The third-order valence-electron chi connectivity index (χ3n) is 5.00. The fraction of sp³-hybridized carbons (Fsp3) is 1.00. The van der Waals surface area contributed by atoms with Crippen LogP contribution in [0.5, 0.6) is 0 Å². The molecule has 0 N–H and O–H groups in total. The van der Waals surface area contributed by atoms with Gasteiger partial charge >= 0.3 is 0 Å². The first-order valence-electron chi connectivity index (χ1n) is 8.99. The maximum Gasteiger partial charge on any atom is -0.0391 e. The lowest BCUT2D eigenvalue weighted by molar-refractivity contribution is 0.242. The van der Waals surface area contributed by atoms with Gasteiger partial charge in [0.2, 0.25) is 0 Å².